The summed E-state index contributed by atoms with van der Waals surface area (Å²) in [6.45, 7) is -5.25. The molecule has 1 fully saturated rings. The number of nitrogens with zero attached hydrogens (tertiary/aromatic N) is 2. The average molecular weight is 590 g/mol. The molecular formula is C33H34N4O6. The molecule has 43 heavy (non-hydrogen) atoms. The van der Waals surface area contributed by atoms with Crippen LogP contribution in [0.4, 0.5) is 5.69 Å². The molecule has 0 bridgehead atoms. The normalized spacial score (nSPS) is 20.7. The van der Waals surface area contributed by atoms with E-state index in [2.05, 4.69) is 10.2 Å². The first-order valence-corrected chi connectivity index (χ1v) is 13.4. The van der Waals surface area contributed by atoms with Gasteiger partial charge in [-0.1, -0.05) is 72.8 Å². The van der Waals surface area contributed by atoms with Gasteiger partial charge in [0.25, 0.3) is 5.69 Å². The molecule has 0 saturated carbocycles. The number of rotatable bonds is 9. The maximum atomic E-state index is 14.0. The fraction of sp³-hybridized carbons (Fsp3) is 0.273. The first-order chi connectivity index (χ1) is 23.4. The lowest BCUT2D eigenvalue weighted by Gasteiger charge is -2.44. The Kier molecular flexibility index (Phi) is 6.31. The molecule has 2 aliphatic rings. The van der Waals surface area contributed by atoms with Crippen LogP contribution in [0.2, 0.25) is 0 Å². The van der Waals surface area contributed by atoms with Gasteiger partial charge in [0.15, 0.2) is 0 Å². The number of ether oxygens (including phenoxy) is 2. The van der Waals surface area contributed by atoms with Crippen LogP contribution < -0.4 is 11.1 Å². The summed E-state index contributed by atoms with van der Waals surface area (Å²) in [4.78, 5) is 40.9. The van der Waals surface area contributed by atoms with Crippen LogP contribution in [-0.4, -0.2) is 47.0 Å². The highest BCUT2D eigenvalue weighted by Gasteiger charge is 2.42. The molecule has 222 valence electrons. The van der Waals surface area contributed by atoms with Crippen LogP contribution >= 0.6 is 0 Å². The number of nitrogens with one attached hydrogen (secondary N) is 1. The Hall–Kier alpha value is -4.96. The lowest BCUT2D eigenvalue weighted by Crippen LogP contribution is -2.54. The van der Waals surface area contributed by atoms with E-state index in [4.69, 9.17) is 24.8 Å². The maximum Gasteiger partial charge on any atom is 0.339 e. The van der Waals surface area contributed by atoms with Crippen molar-refractivity contribution in [3.63, 3.8) is 0 Å². The summed E-state index contributed by atoms with van der Waals surface area (Å²) >= 11 is 0. The minimum atomic E-state index is -3.70. The van der Waals surface area contributed by atoms with Gasteiger partial charge in [-0.2, -0.15) is 0 Å². The van der Waals surface area contributed by atoms with Crippen LogP contribution in [0, 0.1) is 10.1 Å². The van der Waals surface area contributed by atoms with Gasteiger partial charge in [-0.05, 0) is 37.3 Å². The number of nitrogens with two attached hydrogens (primary N) is 1. The molecular weight excluding hydrogens is 548 g/mol. The molecule has 10 heteroatoms. The number of non-ortho nitro benzene ring substituents is 1. The molecule has 1 unspecified atom stereocenters. The van der Waals surface area contributed by atoms with E-state index in [1.165, 1.54) is 25.1 Å². The first-order valence-electron chi connectivity index (χ1n) is 16.9. The lowest BCUT2D eigenvalue weighted by atomic mass is 9.81. The highest BCUT2D eigenvalue weighted by Crippen LogP contribution is 2.40. The van der Waals surface area contributed by atoms with E-state index < -0.39 is 59.9 Å². The predicted octanol–water partition coefficient (Wildman–Crippen LogP) is 4.69. The molecule has 0 aromatic heterocycles. The molecule has 0 radical (unpaired) electrons. The largest absolute Gasteiger partial charge is 0.460 e. The van der Waals surface area contributed by atoms with E-state index >= 15 is 0 Å². The maximum absolute atomic E-state index is 14.0. The third-order valence-corrected chi connectivity index (χ3v) is 7.39. The van der Waals surface area contributed by atoms with E-state index in [0.29, 0.717) is 13.1 Å². The molecule has 5 rings (SSSR count). The highest BCUT2D eigenvalue weighted by molar-refractivity contribution is 6.00. The number of hydrogen-bond acceptors (Lipinski definition) is 9. The minimum Gasteiger partial charge on any atom is -0.460 e. The standard InChI is InChI=1S/C33H34N4O6/c1-20(2)42-32(38)27-21(3)35-31(34)29(28(27)24-15-10-16-25(17-24)37(40)41)33(39)43-26-18-36(19-26)30(22-11-6-4-7-12-22)23-13-8-5-9-14-23/h4-17,20,26,28,30,35H,18-19,34H2,1-3H3/i1D3,2D3,20D. The van der Waals surface area contributed by atoms with Crippen molar-refractivity contribution < 1.29 is 33.6 Å². The van der Waals surface area contributed by atoms with Crippen LogP contribution in [0.3, 0.4) is 0 Å². The van der Waals surface area contributed by atoms with Gasteiger partial charge >= 0.3 is 11.9 Å². The van der Waals surface area contributed by atoms with E-state index in [-0.39, 0.29) is 28.7 Å². The van der Waals surface area contributed by atoms with Crippen molar-refractivity contribution in [2.24, 2.45) is 5.73 Å². The summed E-state index contributed by atoms with van der Waals surface area (Å²) in [5, 5.41) is 14.4. The number of likely N-dealkylation sites (tertiary alicyclic amines) is 1. The van der Waals surface area contributed by atoms with E-state index in [9.17, 15) is 19.7 Å². The zero-order chi connectivity index (χ0) is 36.6. The number of esters is 2. The third kappa shape index (κ3) is 6.29. The Balaban J connectivity index is 1.47. The zero-order valence-electron chi connectivity index (χ0n) is 30.2. The molecule has 0 amide bonds. The van der Waals surface area contributed by atoms with E-state index in [1.54, 1.807) is 0 Å². The van der Waals surface area contributed by atoms with Gasteiger partial charge in [0.05, 0.1) is 35.5 Å². The number of nitro groups is 1. The Morgan fingerprint density at radius 2 is 1.63 bits per heavy atom. The number of benzene rings is 3. The second kappa shape index (κ2) is 12.5. The summed E-state index contributed by atoms with van der Waals surface area (Å²) in [7, 11) is 0. The second-order valence-corrected chi connectivity index (χ2v) is 10.2. The molecule has 2 heterocycles. The lowest BCUT2D eigenvalue weighted by molar-refractivity contribution is -0.384. The van der Waals surface area contributed by atoms with Crippen molar-refractivity contribution in [1.29, 1.82) is 0 Å². The molecule has 0 spiro atoms. The van der Waals surface area contributed by atoms with Crippen molar-refractivity contribution in [3.05, 3.63) is 134 Å². The minimum absolute atomic E-state index is 0.00343. The highest BCUT2D eigenvalue weighted by atomic mass is 16.6. The van der Waals surface area contributed by atoms with Gasteiger partial charge in [0.1, 0.15) is 11.9 Å². The van der Waals surface area contributed by atoms with Crippen molar-refractivity contribution in [2.75, 3.05) is 13.1 Å². The predicted molar refractivity (Wildman–Crippen MR) is 160 cm³/mol. The Morgan fingerprint density at radius 3 is 2.21 bits per heavy atom. The third-order valence-electron chi connectivity index (χ3n) is 7.39. The van der Waals surface area contributed by atoms with Gasteiger partial charge in [-0.25, -0.2) is 9.59 Å². The van der Waals surface area contributed by atoms with Crippen LogP contribution in [0.5, 0.6) is 0 Å². The summed E-state index contributed by atoms with van der Waals surface area (Å²) < 4.78 is 65.2. The first kappa shape index (κ1) is 21.7. The Bertz CT molecular complexity index is 1790. The number of nitro benzene ring substituents is 1. The van der Waals surface area contributed by atoms with Gasteiger partial charge in [-0.15, -0.1) is 0 Å². The SMILES string of the molecule is [2H]C([2H])([2H])C([2H])(OC(=O)C1=C(C)NC(N)=C(C(=O)OC2CN(C(c3ccccc3)c3ccccc3)C2)C1c1cccc([N+](=O)[O-])c1)C([2H])([2H])[2H]. The Labute approximate surface area is 259 Å². The quantitative estimate of drug-likeness (QED) is 0.207. The number of carbonyl (C=O) groups excluding carboxylic acids is 2. The molecule has 2 aliphatic heterocycles. The average Bonchev–Trinajstić information content (AvgIpc) is 3.03. The Morgan fingerprint density at radius 1 is 1.00 bits per heavy atom. The molecule has 3 aromatic carbocycles. The monoisotopic (exact) mass is 589 g/mol. The molecule has 1 atom stereocenters. The van der Waals surface area contributed by atoms with E-state index in [1.807, 2.05) is 60.7 Å². The van der Waals surface area contributed by atoms with Crippen molar-refractivity contribution in [3.8, 4) is 0 Å². The number of dihydropyridines is 1. The fourth-order valence-corrected chi connectivity index (χ4v) is 5.51. The number of carbonyl (C=O) groups is 2. The number of hydrogen-bond donors (Lipinski definition) is 2. The zero-order valence-corrected chi connectivity index (χ0v) is 23.2. The van der Waals surface area contributed by atoms with Crippen LogP contribution in [0.15, 0.2) is 108 Å². The van der Waals surface area contributed by atoms with Crippen molar-refractivity contribution >= 4 is 17.6 Å². The van der Waals surface area contributed by atoms with E-state index in [0.717, 1.165) is 17.2 Å². The summed E-state index contributed by atoms with van der Waals surface area (Å²) in [6, 6.07) is 24.4. The summed E-state index contributed by atoms with van der Waals surface area (Å²) in [5.41, 5.74) is 7.07. The van der Waals surface area contributed by atoms with Crippen molar-refractivity contribution in [1.82, 2.24) is 10.2 Å². The van der Waals surface area contributed by atoms with Gasteiger partial charge in [-0.3, -0.25) is 15.0 Å². The fourth-order valence-electron chi connectivity index (χ4n) is 5.51. The van der Waals surface area contributed by atoms with Gasteiger partial charge in [0.2, 0.25) is 0 Å². The topological polar surface area (TPSA) is 137 Å². The van der Waals surface area contributed by atoms with Crippen LogP contribution in [-0.2, 0) is 19.1 Å². The van der Waals surface area contributed by atoms with Crippen molar-refractivity contribution in [2.45, 2.75) is 44.8 Å². The smallest absolute Gasteiger partial charge is 0.339 e. The summed E-state index contributed by atoms with van der Waals surface area (Å²) in [6.07, 6.45) is -4.33. The van der Waals surface area contributed by atoms with Crippen LogP contribution in [0.25, 0.3) is 0 Å². The molecule has 0 aliphatic carbocycles. The molecule has 3 N–H and O–H groups in total. The molecule has 1 saturated heterocycles. The van der Waals surface area contributed by atoms with Gasteiger partial charge < -0.3 is 20.5 Å². The second-order valence-electron chi connectivity index (χ2n) is 10.2. The van der Waals surface area contributed by atoms with Crippen LogP contribution in [0.1, 0.15) is 58.9 Å². The molecule has 3 aromatic rings. The molecule has 10 nitrogen and oxygen atoms in total. The van der Waals surface area contributed by atoms with Gasteiger partial charge in [0, 0.05) is 39.1 Å². The number of allylic oxidation sites excluding steroid dienone is 1. The summed E-state index contributed by atoms with van der Waals surface area (Å²) in [5.74, 6) is -4.33.